The minimum Gasteiger partial charge on any atom is -0.242 e. The fourth-order valence-electron chi connectivity index (χ4n) is 2.50. The zero-order valence-electron chi connectivity index (χ0n) is 13.1. The van der Waals surface area contributed by atoms with Crippen LogP contribution in [0.4, 0.5) is 0 Å². The molecule has 19 heavy (non-hydrogen) atoms. The van der Waals surface area contributed by atoms with E-state index in [0.29, 0.717) is 5.92 Å². The van der Waals surface area contributed by atoms with Gasteiger partial charge in [0.1, 0.15) is 0 Å². The smallest absolute Gasteiger partial charge is 0.0975 e. The maximum absolute atomic E-state index is 12.3. The van der Waals surface area contributed by atoms with Crippen LogP contribution in [0.1, 0.15) is 72.6 Å². The quantitative estimate of drug-likeness (QED) is 0.723. The Labute approximate surface area is 122 Å². The highest BCUT2D eigenvalue weighted by Crippen LogP contribution is 2.28. The molecule has 0 unspecified atom stereocenters. The summed E-state index contributed by atoms with van der Waals surface area (Å²) in [5.74, 6) is 0.660. The molecule has 0 amide bonds. The van der Waals surface area contributed by atoms with Crippen molar-refractivity contribution in [2.75, 3.05) is 0 Å². The van der Waals surface area contributed by atoms with Crippen LogP contribution in [-0.4, -0.2) is 15.0 Å². The third-order valence-corrected chi connectivity index (χ3v) is 5.35. The minimum atomic E-state index is -0.976. The molecule has 0 heterocycles. The lowest BCUT2D eigenvalue weighted by Gasteiger charge is -2.31. The van der Waals surface area contributed by atoms with Crippen LogP contribution in [0.25, 0.3) is 0 Å². The van der Waals surface area contributed by atoms with Crippen molar-refractivity contribution in [1.29, 1.82) is 0 Å². The van der Waals surface area contributed by atoms with Gasteiger partial charge in [-0.25, -0.2) is 8.93 Å². The van der Waals surface area contributed by atoms with E-state index in [0.717, 1.165) is 6.42 Å². The first-order valence-corrected chi connectivity index (χ1v) is 8.95. The van der Waals surface area contributed by atoms with E-state index in [4.69, 9.17) is 0 Å². The van der Waals surface area contributed by atoms with Gasteiger partial charge in [-0.15, -0.1) is 0 Å². The predicted octanol–water partition coefficient (Wildman–Crippen LogP) is 4.34. The molecule has 0 aromatic carbocycles. The van der Waals surface area contributed by atoms with E-state index in [2.05, 4.69) is 23.8 Å². The van der Waals surface area contributed by atoms with Crippen LogP contribution in [0.3, 0.4) is 0 Å². The third kappa shape index (κ3) is 6.22. The van der Waals surface area contributed by atoms with Crippen molar-refractivity contribution in [2.24, 2.45) is 5.92 Å². The van der Waals surface area contributed by atoms with Gasteiger partial charge in [0.05, 0.1) is 15.7 Å². The van der Waals surface area contributed by atoms with E-state index in [1.165, 1.54) is 38.5 Å². The van der Waals surface area contributed by atoms with Gasteiger partial charge in [-0.1, -0.05) is 44.8 Å². The van der Waals surface area contributed by atoms with Crippen molar-refractivity contribution >= 4 is 11.0 Å². The Morgan fingerprint density at radius 2 is 1.89 bits per heavy atom. The van der Waals surface area contributed by atoms with Crippen molar-refractivity contribution in [1.82, 2.24) is 4.72 Å². The summed E-state index contributed by atoms with van der Waals surface area (Å²) in [6, 6.07) is 0.284. The molecule has 112 valence electrons. The van der Waals surface area contributed by atoms with Crippen LogP contribution in [0.15, 0.2) is 12.2 Å². The molecule has 0 aromatic rings. The topological polar surface area (TPSA) is 29.1 Å². The van der Waals surface area contributed by atoms with Crippen LogP contribution in [0, 0.1) is 5.92 Å². The summed E-state index contributed by atoms with van der Waals surface area (Å²) in [7, 11) is -0.976. The molecule has 3 heteroatoms. The maximum Gasteiger partial charge on any atom is 0.0975 e. The molecule has 0 radical (unpaired) electrons. The number of hydrogen-bond donors (Lipinski definition) is 1. The Morgan fingerprint density at radius 3 is 2.42 bits per heavy atom. The normalized spacial score (nSPS) is 21.7. The van der Waals surface area contributed by atoms with Crippen molar-refractivity contribution in [3.8, 4) is 0 Å². The summed E-state index contributed by atoms with van der Waals surface area (Å²) in [5.41, 5.74) is 0. The molecule has 0 saturated heterocycles. The molecule has 2 atom stereocenters. The Morgan fingerprint density at radius 1 is 1.26 bits per heavy atom. The molecule has 1 rings (SSSR count). The van der Waals surface area contributed by atoms with Crippen LogP contribution >= 0.6 is 0 Å². The zero-order valence-corrected chi connectivity index (χ0v) is 13.9. The first kappa shape index (κ1) is 16.9. The molecule has 1 N–H and O–H groups in total. The maximum atomic E-state index is 12.3. The minimum absolute atomic E-state index is 0.189. The summed E-state index contributed by atoms with van der Waals surface area (Å²) in [5, 5.41) is 0. The van der Waals surface area contributed by atoms with Crippen molar-refractivity contribution in [3.63, 3.8) is 0 Å². The van der Waals surface area contributed by atoms with Gasteiger partial charge in [-0.3, -0.25) is 0 Å². The third-order valence-electron chi connectivity index (χ3n) is 3.76. The molecular formula is C16H31NOS. The Kier molecular flexibility index (Phi) is 7.30. The molecule has 2 nitrogen and oxygen atoms in total. The van der Waals surface area contributed by atoms with Crippen LogP contribution < -0.4 is 4.72 Å². The number of unbranched alkanes of at least 4 members (excludes halogenated alkanes) is 1. The molecule has 0 aliphatic heterocycles. The highest BCUT2D eigenvalue weighted by Gasteiger charge is 2.27. The van der Waals surface area contributed by atoms with Crippen LogP contribution in [-0.2, 0) is 11.0 Å². The second kappa shape index (κ2) is 8.21. The molecule has 1 fully saturated rings. The summed E-state index contributed by atoms with van der Waals surface area (Å²) in [6.45, 7) is 8.29. The molecule has 0 bridgehead atoms. The lowest BCUT2D eigenvalue weighted by Crippen LogP contribution is -2.43. The predicted molar refractivity (Wildman–Crippen MR) is 85.4 cm³/mol. The lowest BCUT2D eigenvalue weighted by molar-refractivity contribution is 0.321. The molecule has 1 aliphatic carbocycles. The Hall–Kier alpha value is -0.150. The van der Waals surface area contributed by atoms with Gasteiger partial charge in [-0.05, 0) is 46.0 Å². The summed E-state index contributed by atoms with van der Waals surface area (Å²) >= 11 is 0. The standard InChI is InChI=1S/C16H31NOS/c1-5-6-8-13-15(14-11-9-7-10-12-14)17-19(18)16(2,3)4/h8,13-15,17H,5-7,9-12H2,1-4H3/b13-8+/t15-,19-/m1/s1. The zero-order chi connectivity index (χ0) is 14.3. The van der Waals surface area contributed by atoms with Gasteiger partial charge in [0.15, 0.2) is 0 Å². The van der Waals surface area contributed by atoms with Crippen molar-refractivity contribution < 1.29 is 4.21 Å². The molecule has 1 saturated carbocycles. The van der Waals surface area contributed by atoms with Gasteiger partial charge in [0.2, 0.25) is 0 Å². The van der Waals surface area contributed by atoms with E-state index in [1.807, 2.05) is 20.8 Å². The van der Waals surface area contributed by atoms with Crippen LogP contribution in [0.2, 0.25) is 0 Å². The average molecular weight is 285 g/mol. The SMILES string of the molecule is CCC/C=C/[C@@H](N[S@](=O)C(C)(C)C)C1CCCCC1. The monoisotopic (exact) mass is 285 g/mol. The van der Waals surface area contributed by atoms with Gasteiger partial charge < -0.3 is 0 Å². The summed E-state index contributed by atoms with van der Waals surface area (Å²) < 4.78 is 15.5. The fraction of sp³-hybridized carbons (Fsp3) is 0.875. The van der Waals surface area contributed by atoms with E-state index >= 15 is 0 Å². The summed E-state index contributed by atoms with van der Waals surface area (Å²) in [4.78, 5) is 0. The molecular weight excluding hydrogens is 254 g/mol. The second-order valence-electron chi connectivity index (χ2n) is 6.64. The second-order valence-corrected chi connectivity index (χ2v) is 8.64. The first-order chi connectivity index (χ1) is 8.95. The van der Waals surface area contributed by atoms with Gasteiger partial charge in [0.25, 0.3) is 0 Å². The highest BCUT2D eigenvalue weighted by molar-refractivity contribution is 7.84. The number of allylic oxidation sites excluding steroid dienone is 1. The van der Waals surface area contributed by atoms with E-state index < -0.39 is 11.0 Å². The van der Waals surface area contributed by atoms with E-state index in [1.54, 1.807) is 0 Å². The molecule has 1 aliphatic rings. The molecule has 0 aromatic heterocycles. The Bertz CT molecular complexity index is 300. The van der Waals surface area contributed by atoms with Gasteiger partial charge >= 0.3 is 0 Å². The number of nitrogens with one attached hydrogen (secondary N) is 1. The molecule has 0 spiro atoms. The highest BCUT2D eigenvalue weighted by atomic mass is 32.2. The van der Waals surface area contributed by atoms with Gasteiger partial charge in [-0.2, -0.15) is 0 Å². The van der Waals surface area contributed by atoms with Crippen LogP contribution in [0.5, 0.6) is 0 Å². The van der Waals surface area contributed by atoms with Crippen molar-refractivity contribution in [3.05, 3.63) is 12.2 Å². The lowest BCUT2D eigenvalue weighted by atomic mass is 9.84. The largest absolute Gasteiger partial charge is 0.242 e. The number of rotatable bonds is 6. The fourth-order valence-corrected chi connectivity index (χ4v) is 3.37. The van der Waals surface area contributed by atoms with E-state index in [-0.39, 0.29) is 10.8 Å². The summed E-state index contributed by atoms with van der Waals surface area (Å²) in [6.07, 6.45) is 13.4. The van der Waals surface area contributed by atoms with Gasteiger partial charge in [0, 0.05) is 6.04 Å². The van der Waals surface area contributed by atoms with E-state index in [9.17, 15) is 4.21 Å². The average Bonchev–Trinajstić information content (AvgIpc) is 2.37. The number of hydrogen-bond acceptors (Lipinski definition) is 1. The first-order valence-electron chi connectivity index (χ1n) is 7.80. The Balaban J connectivity index is 2.65. The van der Waals surface area contributed by atoms with Crippen molar-refractivity contribution in [2.45, 2.75) is 83.4 Å².